The van der Waals surface area contributed by atoms with Crippen molar-refractivity contribution in [1.29, 1.82) is 0 Å². The Balaban J connectivity index is 2.59. The van der Waals surface area contributed by atoms with Gasteiger partial charge in [0.1, 0.15) is 0 Å². The van der Waals surface area contributed by atoms with Crippen molar-refractivity contribution in [2.24, 2.45) is 0 Å². The van der Waals surface area contributed by atoms with Gasteiger partial charge in [0, 0.05) is 17.9 Å². The van der Waals surface area contributed by atoms with E-state index in [1.807, 2.05) is 6.92 Å². The van der Waals surface area contributed by atoms with Gasteiger partial charge in [-0.1, -0.05) is 6.92 Å². The maximum absolute atomic E-state index is 8.73. The summed E-state index contributed by atoms with van der Waals surface area (Å²) in [6.07, 6.45) is 3.53. The highest BCUT2D eigenvalue weighted by Crippen LogP contribution is 1.96. The topological polar surface area (TPSA) is 75.5 Å². The van der Waals surface area contributed by atoms with Gasteiger partial charge >= 0.3 is 13.1 Å². The molecule has 6 heteroatoms. The van der Waals surface area contributed by atoms with Crippen LogP contribution in [0.15, 0.2) is 12.4 Å². The number of hydrogen-bond acceptors (Lipinski definition) is 5. The average molecular weight is 182 g/mol. The summed E-state index contributed by atoms with van der Waals surface area (Å²) in [4.78, 5) is 7.57. The molecule has 0 bridgehead atoms. The van der Waals surface area contributed by atoms with Gasteiger partial charge in [0.25, 0.3) is 0 Å². The molecule has 0 aromatic carbocycles. The minimum atomic E-state index is -1.53. The molecule has 0 fully saturated rings. The van der Waals surface area contributed by atoms with Gasteiger partial charge in [0.15, 0.2) is 0 Å². The van der Waals surface area contributed by atoms with Gasteiger partial charge in [0.2, 0.25) is 0 Å². The molecule has 1 rings (SSSR count). The molecule has 70 valence electrons. The van der Waals surface area contributed by atoms with Crippen LogP contribution in [0.25, 0.3) is 0 Å². The summed E-state index contributed by atoms with van der Waals surface area (Å²) in [6.45, 7) is 2.53. The normalized spacial score (nSPS) is 9.77. The molecule has 13 heavy (non-hydrogen) atoms. The Hall–Kier alpha value is -1.14. The van der Waals surface area contributed by atoms with Crippen molar-refractivity contribution < 1.29 is 14.8 Å². The van der Waals surface area contributed by atoms with E-state index in [-0.39, 0.29) is 11.5 Å². The van der Waals surface area contributed by atoms with Crippen LogP contribution in [0.4, 0.5) is 0 Å². The largest absolute Gasteiger partial charge is 0.491 e. The molecule has 0 amide bonds. The molecule has 0 radical (unpaired) electrons. The van der Waals surface area contributed by atoms with E-state index < -0.39 is 7.12 Å². The Labute approximate surface area is 76.6 Å². The Morgan fingerprint density at radius 3 is 2.46 bits per heavy atom. The molecule has 0 saturated carbocycles. The van der Waals surface area contributed by atoms with Crippen molar-refractivity contribution in [3.8, 4) is 6.01 Å². The van der Waals surface area contributed by atoms with Gasteiger partial charge in [-0.2, -0.15) is 0 Å². The highest BCUT2D eigenvalue weighted by Gasteiger charge is 2.11. The minimum Gasteiger partial charge on any atom is -0.463 e. The van der Waals surface area contributed by atoms with E-state index in [9.17, 15) is 0 Å². The van der Waals surface area contributed by atoms with E-state index >= 15 is 0 Å². The molecule has 1 aromatic rings. The van der Waals surface area contributed by atoms with Crippen molar-refractivity contribution >= 4 is 12.6 Å². The van der Waals surface area contributed by atoms with Crippen molar-refractivity contribution in [3.05, 3.63) is 12.4 Å². The molecule has 0 unspecified atom stereocenters. The highest BCUT2D eigenvalue weighted by molar-refractivity contribution is 6.58. The highest BCUT2D eigenvalue weighted by atomic mass is 16.5. The maximum Gasteiger partial charge on any atom is 0.491 e. The van der Waals surface area contributed by atoms with E-state index in [0.29, 0.717) is 6.61 Å². The fourth-order valence-electron chi connectivity index (χ4n) is 0.727. The number of hydrogen-bond donors (Lipinski definition) is 2. The zero-order chi connectivity index (χ0) is 9.68. The molecule has 1 heterocycles. The van der Waals surface area contributed by atoms with Crippen molar-refractivity contribution in [1.82, 2.24) is 9.97 Å². The fourth-order valence-corrected chi connectivity index (χ4v) is 0.727. The van der Waals surface area contributed by atoms with E-state index in [0.717, 1.165) is 6.42 Å². The van der Waals surface area contributed by atoms with Crippen LogP contribution in [-0.4, -0.2) is 33.7 Å². The third kappa shape index (κ3) is 3.00. The van der Waals surface area contributed by atoms with E-state index in [1.54, 1.807) is 0 Å². The lowest BCUT2D eigenvalue weighted by molar-refractivity contribution is 0.292. The number of rotatable bonds is 4. The summed E-state index contributed by atoms with van der Waals surface area (Å²) in [7, 11) is -1.53. The molecule has 0 aliphatic carbocycles. The van der Waals surface area contributed by atoms with Gasteiger partial charge < -0.3 is 14.8 Å². The summed E-state index contributed by atoms with van der Waals surface area (Å²) in [6, 6.07) is 0.256. The number of ether oxygens (including phenoxy) is 1. The molecule has 0 aliphatic rings. The lowest BCUT2D eigenvalue weighted by atomic mass is 9.83. The first kappa shape index (κ1) is 9.95. The first-order valence-electron chi connectivity index (χ1n) is 4.05. The Morgan fingerprint density at radius 2 is 2.00 bits per heavy atom. The predicted molar refractivity (Wildman–Crippen MR) is 47.6 cm³/mol. The van der Waals surface area contributed by atoms with Crippen molar-refractivity contribution in [3.63, 3.8) is 0 Å². The number of nitrogens with zero attached hydrogens (tertiary/aromatic N) is 2. The second kappa shape index (κ2) is 4.79. The zero-order valence-corrected chi connectivity index (χ0v) is 7.34. The van der Waals surface area contributed by atoms with Gasteiger partial charge in [-0.15, -0.1) is 0 Å². The SMILES string of the molecule is CCCOc1ncc(B(O)O)cn1. The third-order valence-electron chi connectivity index (χ3n) is 1.38. The Morgan fingerprint density at radius 1 is 1.38 bits per heavy atom. The first-order chi connectivity index (χ1) is 6.24. The molecule has 1 aromatic heterocycles. The monoisotopic (exact) mass is 182 g/mol. The molecule has 0 atom stereocenters. The van der Waals surface area contributed by atoms with E-state index in [4.69, 9.17) is 14.8 Å². The summed E-state index contributed by atoms with van der Waals surface area (Å²) >= 11 is 0. The predicted octanol–water partition coefficient (Wildman–Crippen LogP) is -1.05. The van der Waals surface area contributed by atoms with Gasteiger partial charge in [-0.3, -0.25) is 0 Å². The van der Waals surface area contributed by atoms with Crippen LogP contribution < -0.4 is 10.2 Å². The molecule has 2 N–H and O–H groups in total. The summed E-state index contributed by atoms with van der Waals surface area (Å²) < 4.78 is 5.10. The second-order valence-electron chi connectivity index (χ2n) is 2.52. The Bertz CT molecular complexity index is 252. The molecule has 0 spiro atoms. The molecule has 5 nitrogen and oxygen atoms in total. The van der Waals surface area contributed by atoms with Gasteiger partial charge in [-0.25, -0.2) is 9.97 Å². The van der Waals surface area contributed by atoms with Crippen molar-refractivity contribution in [2.75, 3.05) is 6.61 Å². The van der Waals surface area contributed by atoms with E-state index in [2.05, 4.69) is 9.97 Å². The van der Waals surface area contributed by atoms with Crippen LogP contribution >= 0.6 is 0 Å². The maximum atomic E-state index is 8.73. The van der Waals surface area contributed by atoms with Crippen LogP contribution in [-0.2, 0) is 0 Å². The van der Waals surface area contributed by atoms with Gasteiger partial charge in [0.05, 0.1) is 6.61 Å². The zero-order valence-electron chi connectivity index (χ0n) is 7.34. The summed E-state index contributed by atoms with van der Waals surface area (Å²) in [5.41, 5.74) is 0.254. The standard InChI is InChI=1S/C7H11BN2O3/c1-2-3-13-7-9-4-6(5-10-7)8(11)12/h4-5,11-12H,2-3H2,1H3. The van der Waals surface area contributed by atoms with Crippen LogP contribution in [0.2, 0.25) is 0 Å². The minimum absolute atomic E-state index is 0.254. The van der Waals surface area contributed by atoms with Crippen LogP contribution in [0.1, 0.15) is 13.3 Å². The van der Waals surface area contributed by atoms with Crippen LogP contribution in [0, 0.1) is 0 Å². The smallest absolute Gasteiger partial charge is 0.463 e. The van der Waals surface area contributed by atoms with Gasteiger partial charge in [-0.05, 0) is 6.42 Å². The summed E-state index contributed by atoms with van der Waals surface area (Å²) in [5.74, 6) is 0. The van der Waals surface area contributed by atoms with Crippen molar-refractivity contribution in [2.45, 2.75) is 13.3 Å². The number of aromatic nitrogens is 2. The second-order valence-corrected chi connectivity index (χ2v) is 2.52. The lowest BCUT2D eigenvalue weighted by Crippen LogP contribution is -2.30. The first-order valence-corrected chi connectivity index (χ1v) is 4.05. The van der Waals surface area contributed by atoms with Crippen LogP contribution in [0.5, 0.6) is 6.01 Å². The molecular formula is C7H11BN2O3. The molecule has 0 saturated heterocycles. The van der Waals surface area contributed by atoms with Crippen LogP contribution in [0.3, 0.4) is 0 Å². The average Bonchev–Trinajstić information content (AvgIpc) is 2.15. The molecular weight excluding hydrogens is 171 g/mol. The quantitative estimate of drug-likeness (QED) is 0.580. The Kier molecular flexibility index (Phi) is 3.66. The third-order valence-corrected chi connectivity index (χ3v) is 1.38. The molecule has 0 aliphatic heterocycles. The summed E-state index contributed by atoms with van der Waals surface area (Å²) in [5, 5.41) is 17.5. The van der Waals surface area contributed by atoms with E-state index in [1.165, 1.54) is 12.4 Å². The lowest BCUT2D eigenvalue weighted by Gasteiger charge is -2.02. The fraction of sp³-hybridized carbons (Fsp3) is 0.429.